The zero-order chi connectivity index (χ0) is 21.0. The molecule has 150 valence electrons. The SMILES string of the molecule is [C-]#[N+]c1cccc(C(O)(c2cccnc2)C(c2ccccn2)N2CCCOC2=O)c1. The first-order valence-corrected chi connectivity index (χ1v) is 9.60. The number of rotatable bonds is 5. The normalized spacial score (nSPS) is 16.8. The number of carbonyl (C=O) groups excluding carboxylic acids is 1. The van der Waals surface area contributed by atoms with Gasteiger partial charge in [0.1, 0.15) is 11.6 Å². The monoisotopic (exact) mass is 400 g/mol. The molecule has 7 heteroatoms. The molecule has 0 spiro atoms. The van der Waals surface area contributed by atoms with E-state index in [1.54, 1.807) is 67.1 Å². The molecule has 4 rings (SSSR count). The fourth-order valence-corrected chi connectivity index (χ4v) is 3.82. The minimum absolute atomic E-state index is 0.336. The number of hydrogen-bond acceptors (Lipinski definition) is 5. The van der Waals surface area contributed by atoms with Gasteiger partial charge in [-0.1, -0.05) is 36.4 Å². The Bertz CT molecular complexity index is 1070. The van der Waals surface area contributed by atoms with Crippen molar-refractivity contribution in [1.29, 1.82) is 0 Å². The lowest BCUT2D eigenvalue weighted by Gasteiger charge is -2.43. The van der Waals surface area contributed by atoms with Gasteiger partial charge in [-0.05, 0) is 30.2 Å². The molecule has 0 saturated carbocycles. The van der Waals surface area contributed by atoms with Crippen molar-refractivity contribution in [3.05, 3.63) is 101 Å². The van der Waals surface area contributed by atoms with Gasteiger partial charge >= 0.3 is 6.09 Å². The van der Waals surface area contributed by atoms with Crippen LogP contribution < -0.4 is 0 Å². The molecule has 0 bridgehead atoms. The van der Waals surface area contributed by atoms with Crippen LogP contribution in [0.25, 0.3) is 4.85 Å². The van der Waals surface area contributed by atoms with Gasteiger partial charge in [-0.15, -0.1) is 0 Å². The molecule has 3 aromatic rings. The Morgan fingerprint density at radius 1 is 1.13 bits per heavy atom. The summed E-state index contributed by atoms with van der Waals surface area (Å²) >= 11 is 0. The summed E-state index contributed by atoms with van der Waals surface area (Å²) in [6.07, 6.45) is 4.93. The lowest BCUT2D eigenvalue weighted by molar-refractivity contribution is -0.0374. The van der Waals surface area contributed by atoms with Crippen LogP contribution in [-0.4, -0.2) is 39.2 Å². The molecule has 2 atom stereocenters. The number of carbonyl (C=O) groups is 1. The van der Waals surface area contributed by atoms with Gasteiger partial charge in [0, 0.05) is 30.7 Å². The summed E-state index contributed by atoms with van der Waals surface area (Å²) in [7, 11) is 0. The number of nitrogens with zero attached hydrogens (tertiary/aromatic N) is 4. The summed E-state index contributed by atoms with van der Waals surface area (Å²) in [4.78, 5) is 26.4. The number of hydrogen-bond donors (Lipinski definition) is 1. The van der Waals surface area contributed by atoms with E-state index < -0.39 is 17.7 Å². The van der Waals surface area contributed by atoms with E-state index in [0.29, 0.717) is 42.1 Å². The predicted molar refractivity (Wildman–Crippen MR) is 110 cm³/mol. The quantitative estimate of drug-likeness (QED) is 0.658. The highest BCUT2D eigenvalue weighted by Gasteiger charge is 2.48. The van der Waals surface area contributed by atoms with Crippen LogP contribution in [0.5, 0.6) is 0 Å². The van der Waals surface area contributed by atoms with E-state index >= 15 is 0 Å². The topological polar surface area (TPSA) is 79.9 Å². The Morgan fingerprint density at radius 2 is 2.00 bits per heavy atom. The number of amides is 1. The second-order valence-corrected chi connectivity index (χ2v) is 6.99. The summed E-state index contributed by atoms with van der Waals surface area (Å²) in [6.45, 7) is 8.13. The Labute approximate surface area is 174 Å². The maximum absolute atomic E-state index is 12.7. The minimum atomic E-state index is -1.71. The van der Waals surface area contributed by atoms with E-state index in [-0.39, 0.29) is 0 Å². The molecule has 1 saturated heterocycles. The lowest BCUT2D eigenvalue weighted by Crippen LogP contribution is -2.50. The first kappa shape index (κ1) is 19.6. The third-order valence-electron chi connectivity index (χ3n) is 5.20. The number of cyclic esters (lactones) is 1. The zero-order valence-corrected chi connectivity index (χ0v) is 16.2. The molecule has 1 amide bonds. The van der Waals surface area contributed by atoms with Gasteiger partial charge in [-0.25, -0.2) is 9.64 Å². The van der Waals surface area contributed by atoms with E-state index in [9.17, 15) is 9.90 Å². The highest BCUT2D eigenvalue weighted by molar-refractivity contribution is 5.69. The molecule has 3 heterocycles. The third kappa shape index (κ3) is 3.49. The van der Waals surface area contributed by atoms with Gasteiger partial charge in [0.05, 0.1) is 18.9 Å². The van der Waals surface area contributed by atoms with Crippen LogP contribution in [-0.2, 0) is 10.3 Å². The molecular formula is C23H20N4O3. The fourth-order valence-electron chi connectivity index (χ4n) is 3.82. The lowest BCUT2D eigenvalue weighted by atomic mass is 9.78. The highest BCUT2D eigenvalue weighted by atomic mass is 16.6. The molecule has 2 unspecified atom stereocenters. The molecule has 0 radical (unpaired) electrons. The Kier molecular flexibility index (Phi) is 5.42. The van der Waals surface area contributed by atoms with Crippen LogP contribution in [0, 0.1) is 6.57 Å². The van der Waals surface area contributed by atoms with Gasteiger partial charge < -0.3 is 9.84 Å². The van der Waals surface area contributed by atoms with Gasteiger partial charge in [0.25, 0.3) is 0 Å². The van der Waals surface area contributed by atoms with E-state index in [4.69, 9.17) is 11.3 Å². The van der Waals surface area contributed by atoms with Crippen LogP contribution in [0.3, 0.4) is 0 Å². The van der Waals surface area contributed by atoms with Crippen molar-refractivity contribution in [2.24, 2.45) is 0 Å². The predicted octanol–water partition coefficient (Wildman–Crippen LogP) is 3.85. The summed E-state index contributed by atoms with van der Waals surface area (Å²) in [6, 6.07) is 14.7. The number of benzene rings is 1. The van der Waals surface area contributed by atoms with Crippen LogP contribution in [0.15, 0.2) is 73.2 Å². The molecule has 1 N–H and O–H groups in total. The number of ether oxygens (including phenoxy) is 1. The van der Waals surface area contributed by atoms with Gasteiger partial charge in [0.15, 0.2) is 5.69 Å². The van der Waals surface area contributed by atoms with E-state index in [0.717, 1.165) is 0 Å². The van der Waals surface area contributed by atoms with Gasteiger partial charge in [-0.2, -0.15) is 0 Å². The summed E-state index contributed by atoms with van der Waals surface area (Å²) in [5, 5.41) is 12.3. The number of pyridine rings is 2. The molecular weight excluding hydrogens is 380 g/mol. The third-order valence-corrected chi connectivity index (χ3v) is 5.20. The fraction of sp³-hybridized carbons (Fsp3) is 0.217. The van der Waals surface area contributed by atoms with Crippen LogP contribution >= 0.6 is 0 Å². The van der Waals surface area contributed by atoms with Crippen LogP contribution in [0.1, 0.15) is 29.3 Å². The Hall–Kier alpha value is -3.76. The highest BCUT2D eigenvalue weighted by Crippen LogP contribution is 2.45. The van der Waals surface area contributed by atoms with Crippen molar-refractivity contribution < 1.29 is 14.6 Å². The summed E-state index contributed by atoms with van der Waals surface area (Å²) < 4.78 is 5.29. The molecule has 1 aliphatic heterocycles. The first-order chi connectivity index (χ1) is 14.6. The van der Waals surface area contributed by atoms with Gasteiger partial charge in [-0.3, -0.25) is 14.9 Å². The minimum Gasteiger partial charge on any atom is -0.449 e. The Morgan fingerprint density at radius 3 is 2.70 bits per heavy atom. The van der Waals surface area contributed by atoms with E-state index in [1.165, 1.54) is 4.90 Å². The molecule has 30 heavy (non-hydrogen) atoms. The summed E-state index contributed by atoms with van der Waals surface area (Å²) in [5.41, 5.74) is 0.144. The van der Waals surface area contributed by atoms with Crippen molar-refractivity contribution in [3.8, 4) is 0 Å². The molecule has 1 fully saturated rings. The average Bonchev–Trinajstić information content (AvgIpc) is 2.81. The largest absolute Gasteiger partial charge is 0.449 e. The van der Waals surface area contributed by atoms with Crippen LogP contribution in [0.4, 0.5) is 10.5 Å². The standard InChI is InChI=1S/C23H20N4O3/c1-24-19-9-4-7-17(15-19)23(29,18-8-5-11-25-16-18)21(20-10-2-3-12-26-20)27-13-6-14-30-22(27)28/h2-5,7-12,15-16,21,29H,6,13-14H2. The number of aliphatic hydroxyl groups is 1. The average molecular weight is 400 g/mol. The number of aromatic nitrogens is 2. The second kappa shape index (κ2) is 8.31. The van der Waals surface area contributed by atoms with Crippen molar-refractivity contribution >= 4 is 11.8 Å². The maximum atomic E-state index is 12.7. The van der Waals surface area contributed by atoms with Crippen molar-refractivity contribution in [2.45, 2.75) is 18.1 Å². The molecule has 1 aliphatic rings. The van der Waals surface area contributed by atoms with Crippen molar-refractivity contribution in [1.82, 2.24) is 14.9 Å². The molecule has 1 aromatic carbocycles. The van der Waals surface area contributed by atoms with E-state index in [2.05, 4.69) is 14.8 Å². The maximum Gasteiger partial charge on any atom is 0.410 e. The van der Waals surface area contributed by atoms with Crippen LogP contribution in [0.2, 0.25) is 0 Å². The smallest absolute Gasteiger partial charge is 0.410 e. The first-order valence-electron chi connectivity index (χ1n) is 9.60. The van der Waals surface area contributed by atoms with E-state index in [1.807, 2.05) is 6.07 Å². The van der Waals surface area contributed by atoms with Gasteiger partial charge in [0.2, 0.25) is 0 Å². The Balaban J connectivity index is 1.98. The summed E-state index contributed by atoms with van der Waals surface area (Å²) in [5.74, 6) is 0. The molecule has 0 aliphatic carbocycles. The zero-order valence-electron chi connectivity index (χ0n) is 16.2. The van der Waals surface area contributed by atoms with Crippen molar-refractivity contribution in [2.75, 3.05) is 13.2 Å². The molecule has 7 nitrogen and oxygen atoms in total. The molecule has 2 aromatic heterocycles. The van der Waals surface area contributed by atoms with Crippen molar-refractivity contribution in [3.63, 3.8) is 0 Å². The second-order valence-electron chi connectivity index (χ2n) is 6.99.